The van der Waals surface area contributed by atoms with Crippen molar-refractivity contribution in [3.05, 3.63) is 132 Å². The molecule has 0 N–H and O–H groups in total. The van der Waals surface area contributed by atoms with Gasteiger partial charge in [-0.1, -0.05) is 54.6 Å². The van der Waals surface area contributed by atoms with Gasteiger partial charge in [-0.05, 0) is 66.7 Å². The average molecular weight is 549 g/mol. The van der Waals surface area contributed by atoms with Crippen LogP contribution in [0.5, 0.6) is 0 Å². The van der Waals surface area contributed by atoms with E-state index < -0.39 is 0 Å². The highest BCUT2D eigenvalue weighted by Gasteiger charge is 2.20. The summed E-state index contributed by atoms with van der Waals surface area (Å²) in [6.07, 6.45) is 0. The van der Waals surface area contributed by atoms with Crippen LogP contribution in [0.15, 0.2) is 126 Å². The molecule has 0 saturated carbocycles. The molecule has 0 saturated heterocycles. The Morgan fingerprint density at radius 3 is 1.81 bits per heavy atom. The largest absolute Gasteiger partial charge is 0.456 e. The fourth-order valence-electron chi connectivity index (χ4n) is 6.79. The molecule has 0 atom stereocenters. The summed E-state index contributed by atoms with van der Waals surface area (Å²) in [7, 11) is 0. The van der Waals surface area contributed by atoms with Crippen LogP contribution in [0.4, 0.5) is 0 Å². The summed E-state index contributed by atoms with van der Waals surface area (Å²) in [6.45, 7) is 0. The summed E-state index contributed by atoms with van der Waals surface area (Å²) in [4.78, 5) is 0. The van der Waals surface area contributed by atoms with Crippen molar-refractivity contribution in [3.63, 3.8) is 0 Å². The number of para-hydroxylation sites is 3. The molecule has 0 spiro atoms. The van der Waals surface area contributed by atoms with Crippen molar-refractivity contribution in [3.8, 4) is 23.5 Å². The van der Waals surface area contributed by atoms with E-state index in [2.05, 4.69) is 75.9 Å². The molecule has 9 rings (SSSR count). The highest BCUT2D eigenvalue weighted by molar-refractivity contribution is 6.27. The Labute approximate surface area is 245 Å². The van der Waals surface area contributed by atoms with Crippen LogP contribution in [0.3, 0.4) is 0 Å². The summed E-state index contributed by atoms with van der Waals surface area (Å²) in [5.41, 5.74) is 8.76. The minimum Gasteiger partial charge on any atom is -0.456 e. The van der Waals surface area contributed by atoms with E-state index in [0.29, 0.717) is 11.1 Å². The van der Waals surface area contributed by atoms with Crippen LogP contribution < -0.4 is 0 Å². The van der Waals surface area contributed by atoms with Gasteiger partial charge < -0.3 is 13.6 Å². The number of fused-ring (bicyclic) bond motifs is 10. The molecule has 5 heteroatoms. The number of nitrogens with zero attached hydrogens (tertiary/aromatic N) is 4. The third kappa shape index (κ3) is 3.19. The lowest BCUT2D eigenvalue weighted by Gasteiger charge is -2.14. The van der Waals surface area contributed by atoms with Gasteiger partial charge in [0.2, 0.25) is 0 Å². The van der Waals surface area contributed by atoms with Crippen molar-refractivity contribution in [2.75, 3.05) is 0 Å². The van der Waals surface area contributed by atoms with Crippen LogP contribution in [0.25, 0.3) is 76.9 Å². The highest BCUT2D eigenvalue weighted by Crippen LogP contribution is 2.42. The van der Waals surface area contributed by atoms with E-state index >= 15 is 0 Å². The molecule has 3 aromatic heterocycles. The Morgan fingerprint density at radius 1 is 0.442 bits per heavy atom. The second kappa shape index (κ2) is 8.60. The molecular weight excluding hydrogens is 528 g/mol. The van der Waals surface area contributed by atoms with Gasteiger partial charge in [0.1, 0.15) is 11.2 Å². The Morgan fingerprint density at radius 2 is 1.05 bits per heavy atom. The monoisotopic (exact) mass is 548 g/mol. The fraction of sp³-hybridized carbons (Fsp3) is 0. The molecule has 0 bridgehead atoms. The molecule has 0 unspecified atom stereocenters. The summed E-state index contributed by atoms with van der Waals surface area (Å²) in [5, 5.41) is 26.3. The first-order valence-electron chi connectivity index (χ1n) is 14.1. The first-order valence-corrected chi connectivity index (χ1v) is 14.1. The average Bonchev–Trinajstić information content (AvgIpc) is 3.71. The van der Waals surface area contributed by atoms with Crippen LogP contribution in [0.1, 0.15) is 11.1 Å². The second-order valence-corrected chi connectivity index (χ2v) is 10.8. The number of rotatable bonds is 2. The van der Waals surface area contributed by atoms with E-state index in [0.717, 1.165) is 76.9 Å². The van der Waals surface area contributed by atoms with Gasteiger partial charge in [0.05, 0.1) is 45.3 Å². The maximum Gasteiger partial charge on any atom is 0.136 e. The van der Waals surface area contributed by atoms with Crippen LogP contribution in [0, 0.1) is 22.7 Å². The normalized spacial score (nSPS) is 11.7. The van der Waals surface area contributed by atoms with Crippen molar-refractivity contribution in [2.45, 2.75) is 0 Å². The Bertz CT molecular complexity index is 2710. The van der Waals surface area contributed by atoms with Crippen molar-refractivity contribution < 1.29 is 4.42 Å². The van der Waals surface area contributed by atoms with E-state index in [1.807, 2.05) is 66.7 Å². The van der Waals surface area contributed by atoms with Crippen LogP contribution >= 0.6 is 0 Å². The zero-order valence-electron chi connectivity index (χ0n) is 22.7. The molecule has 0 aliphatic carbocycles. The van der Waals surface area contributed by atoms with Crippen LogP contribution in [0.2, 0.25) is 0 Å². The number of furan rings is 1. The lowest BCUT2D eigenvalue weighted by atomic mass is 10.1. The molecule has 0 aliphatic heterocycles. The predicted molar refractivity (Wildman–Crippen MR) is 172 cm³/mol. The highest BCUT2D eigenvalue weighted by atomic mass is 16.3. The van der Waals surface area contributed by atoms with Gasteiger partial charge in [0.25, 0.3) is 0 Å². The minimum atomic E-state index is 0.563. The third-order valence-corrected chi connectivity index (χ3v) is 8.53. The van der Waals surface area contributed by atoms with E-state index in [-0.39, 0.29) is 0 Å². The Kier molecular flexibility index (Phi) is 4.68. The van der Waals surface area contributed by atoms with E-state index in [1.165, 1.54) is 0 Å². The molecule has 0 amide bonds. The van der Waals surface area contributed by atoms with Crippen molar-refractivity contribution in [1.29, 1.82) is 10.5 Å². The van der Waals surface area contributed by atoms with E-state index in [1.54, 1.807) is 0 Å². The molecule has 0 aliphatic rings. The lowest BCUT2D eigenvalue weighted by Crippen LogP contribution is -2.00. The zero-order chi connectivity index (χ0) is 28.7. The second-order valence-electron chi connectivity index (χ2n) is 10.8. The quantitative estimate of drug-likeness (QED) is 0.216. The molecule has 9 aromatic rings. The fourth-order valence-corrected chi connectivity index (χ4v) is 6.79. The van der Waals surface area contributed by atoms with Crippen molar-refractivity contribution in [1.82, 2.24) is 9.13 Å². The van der Waals surface area contributed by atoms with Gasteiger partial charge in [-0.2, -0.15) is 10.5 Å². The third-order valence-electron chi connectivity index (χ3n) is 8.53. The summed E-state index contributed by atoms with van der Waals surface area (Å²) in [6, 6.07) is 45.4. The Balaban J connectivity index is 1.40. The lowest BCUT2D eigenvalue weighted by molar-refractivity contribution is 0.669. The van der Waals surface area contributed by atoms with Gasteiger partial charge in [-0.3, -0.25) is 0 Å². The van der Waals surface area contributed by atoms with Crippen molar-refractivity contribution in [2.24, 2.45) is 0 Å². The zero-order valence-corrected chi connectivity index (χ0v) is 22.7. The molecule has 3 heterocycles. The summed E-state index contributed by atoms with van der Waals surface area (Å²) in [5.74, 6) is 0. The van der Waals surface area contributed by atoms with E-state index in [4.69, 9.17) is 4.42 Å². The Hall–Kier alpha value is -6.30. The molecule has 5 nitrogen and oxygen atoms in total. The molecule has 6 aromatic carbocycles. The first kappa shape index (κ1) is 23.4. The van der Waals surface area contributed by atoms with Gasteiger partial charge in [0, 0.05) is 43.7 Å². The van der Waals surface area contributed by atoms with Crippen LogP contribution in [-0.2, 0) is 0 Å². The summed E-state index contributed by atoms with van der Waals surface area (Å²) >= 11 is 0. The molecule has 198 valence electrons. The van der Waals surface area contributed by atoms with Gasteiger partial charge >= 0.3 is 0 Å². The predicted octanol–water partition coefficient (Wildman–Crippen LogP) is 9.52. The maximum absolute atomic E-state index is 10.2. The molecule has 0 fully saturated rings. The first-order chi connectivity index (χ1) is 21.2. The van der Waals surface area contributed by atoms with Gasteiger partial charge in [-0.25, -0.2) is 0 Å². The standard InChI is InChI=1S/C38H20N4O/c39-21-23-13-14-33-30(19-23)27-7-1-4-10-31(27)41(33)25-17-24(22-40)18-26(20-25)42-32-11-5-2-8-28(32)37-34(42)15-16-36-38(37)29-9-3-6-12-35(29)43-36/h1-20H. The van der Waals surface area contributed by atoms with E-state index in [9.17, 15) is 10.5 Å². The van der Waals surface area contributed by atoms with Crippen LogP contribution in [-0.4, -0.2) is 9.13 Å². The molecular formula is C38H20N4O. The van der Waals surface area contributed by atoms with Gasteiger partial charge in [0.15, 0.2) is 0 Å². The number of aromatic nitrogens is 2. The molecule has 0 radical (unpaired) electrons. The molecule has 43 heavy (non-hydrogen) atoms. The summed E-state index contributed by atoms with van der Waals surface area (Å²) < 4.78 is 10.7. The number of benzene rings is 6. The number of hydrogen-bond donors (Lipinski definition) is 0. The number of hydrogen-bond acceptors (Lipinski definition) is 3. The van der Waals surface area contributed by atoms with Crippen molar-refractivity contribution >= 4 is 65.6 Å². The topological polar surface area (TPSA) is 70.6 Å². The van der Waals surface area contributed by atoms with Gasteiger partial charge in [-0.15, -0.1) is 0 Å². The maximum atomic E-state index is 10.2. The number of nitriles is 2. The SMILES string of the molecule is N#Cc1cc(-n2c3ccccc3c3cc(C#N)ccc32)cc(-n2c3ccccc3c3c4c(ccc32)oc2ccccc24)c1. The minimum absolute atomic E-state index is 0.563. The smallest absolute Gasteiger partial charge is 0.136 e.